The zero-order chi connectivity index (χ0) is 13.7. The highest BCUT2D eigenvalue weighted by Crippen LogP contribution is 2.26. The maximum atomic E-state index is 11.1. The minimum atomic E-state index is -0.244. The normalized spacial score (nSPS) is 18.8. The monoisotopic (exact) mass is 268 g/mol. The third-order valence-electron chi connectivity index (χ3n) is 3.15. The third kappa shape index (κ3) is 3.47. The predicted molar refractivity (Wildman–Crippen MR) is 68.8 cm³/mol. The van der Waals surface area contributed by atoms with Gasteiger partial charge in [0, 0.05) is 19.6 Å². The molecule has 19 heavy (non-hydrogen) atoms. The van der Waals surface area contributed by atoms with Gasteiger partial charge in [-0.05, 0) is 19.8 Å². The molecule has 2 rings (SSSR count). The van der Waals surface area contributed by atoms with E-state index in [0.29, 0.717) is 31.2 Å². The Morgan fingerprint density at radius 2 is 2.47 bits per heavy atom. The van der Waals surface area contributed by atoms with Crippen LogP contribution in [-0.4, -0.2) is 37.4 Å². The van der Waals surface area contributed by atoms with Crippen LogP contribution >= 0.6 is 0 Å². The molecule has 0 aliphatic carbocycles. The molecule has 0 unspecified atom stereocenters. The van der Waals surface area contributed by atoms with Crippen molar-refractivity contribution in [2.45, 2.75) is 38.8 Å². The van der Waals surface area contributed by atoms with Crippen molar-refractivity contribution < 1.29 is 18.7 Å². The Balaban J connectivity index is 1.94. The average Bonchev–Trinajstić information content (AvgIpc) is 3.04. The zero-order valence-corrected chi connectivity index (χ0v) is 11.4. The summed E-state index contributed by atoms with van der Waals surface area (Å²) in [5.41, 5.74) is 0. The van der Waals surface area contributed by atoms with Crippen molar-refractivity contribution in [2.75, 3.05) is 25.2 Å². The fourth-order valence-corrected chi connectivity index (χ4v) is 2.19. The molecule has 1 aromatic heterocycles. The summed E-state index contributed by atoms with van der Waals surface area (Å²) in [6.07, 6.45) is 4.60. The first kappa shape index (κ1) is 13.9. The van der Waals surface area contributed by atoms with E-state index < -0.39 is 0 Å². The van der Waals surface area contributed by atoms with E-state index in [9.17, 15) is 4.79 Å². The lowest BCUT2D eigenvalue weighted by Crippen LogP contribution is -2.31. The predicted octanol–water partition coefficient (Wildman–Crippen LogP) is 1.74. The summed E-state index contributed by atoms with van der Waals surface area (Å²) >= 11 is 0. The molecule has 1 saturated heterocycles. The van der Waals surface area contributed by atoms with Gasteiger partial charge >= 0.3 is 5.97 Å². The first-order chi connectivity index (χ1) is 9.24. The molecule has 1 atom stereocenters. The third-order valence-corrected chi connectivity index (χ3v) is 3.15. The van der Waals surface area contributed by atoms with Crippen molar-refractivity contribution in [1.82, 2.24) is 4.98 Å². The highest BCUT2D eigenvalue weighted by Gasteiger charge is 2.28. The summed E-state index contributed by atoms with van der Waals surface area (Å²) in [7, 11) is 1.38. The standard InChI is InChI=1S/C13H20N2O4/c1-3-18-11-5-4-8-15(11)13-14-9-10(19-13)6-7-12(16)17-2/h9,11H,3-8H2,1-2H3/t11-/m0/s1. The van der Waals surface area contributed by atoms with E-state index in [-0.39, 0.29) is 12.2 Å². The number of aryl methyl sites for hydroxylation is 1. The molecule has 6 heteroatoms. The average molecular weight is 268 g/mol. The minimum Gasteiger partial charge on any atom is -0.469 e. The molecule has 1 aromatic rings. The van der Waals surface area contributed by atoms with Crippen molar-refractivity contribution in [2.24, 2.45) is 0 Å². The van der Waals surface area contributed by atoms with Crippen molar-refractivity contribution in [3.63, 3.8) is 0 Å². The van der Waals surface area contributed by atoms with Crippen LogP contribution in [0.4, 0.5) is 6.01 Å². The summed E-state index contributed by atoms with van der Waals surface area (Å²) in [4.78, 5) is 17.4. The highest BCUT2D eigenvalue weighted by atomic mass is 16.5. The number of carbonyl (C=O) groups excluding carboxylic acids is 1. The van der Waals surface area contributed by atoms with Crippen LogP contribution in [0.5, 0.6) is 0 Å². The Bertz CT molecular complexity index is 419. The highest BCUT2D eigenvalue weighted by molar-refractivity contribution is 5.69. The number of nitrogens with zero attached hydrogens (tertiary/aromatic N) is 2. The second-order valence-electron chi connectivity index (χ2n) is 4.43. The van der Waals surface area contributed by atoms with Crippen LogP contribution in [0.1, 0.15) is 31.9 Å². The van der Waals surface area contributed by atoms with E-state index in [4.69, 9.17) is 9.15 Å². The van der Waals surface area contributed by atoms with Crippen LogP contribution in [0.3, 0.4) is 0 Å². The molecule has 0 aromatic carbocycles. The smallest absolute Gasteiger partial charge is 0.305 e. The summed E-state index contributed by atoms with van der Waals surface area (Å²) in [5.74, 6) is 0.453. The largest absolute Gasteiger partial charge is 0.469 e. The van der Waals surface area contributed by atoms with Crippen molar-refractivity contribution in [3.05, 3.63) is 12.0 Å². The Labute approximate surface area is 112 Å². The van der Waals surface area contributed by atoms with Crippen LogP contribution in [-0.2, 0) is 20.7 Å². The topological polar surface area (TPSA) is 64.8 Å². The summed E-state index contributed by atoms with van der Waals surface area (Å²) in [6.45, 7) is 3.55. The number of esters is 1. The Morgan fingerprint density at radius 1 is 1.63 bits per heavy atom. The molecule has 6 nitrogen and oxygen atoms in total. The van der Waals surface area contributed by atoms with Gasteiger partial charge in [0.05, 0.1) is 19.7 Å². The summed E-state index contributed by atoms with van der Waals surface area (Å²) in [5, 5.41) is 0. The number of hydrogen-bond acceptors (Lipinski definition) is 6. The molecular weight excluding hydrogens is 248 g/mol. The van der Waals surface area contributed by atoms with Crippen LogP contribution in [0.15, 0.2) is 10.6 Å². The molecule has 1 aliphatic rings. The minimum absolute atomic E-state index is 0.0529. The van der Waals surface area contributed by atoms with E-state index in [1.807, 2.05) is 11.8 Å². The van der Waals surface area contributed by atoms with E-state index in [1.165, 1.54) is 7.11 Å². The number of oxazole rings is 1. The molecular formula is C13H20N2O4. The number of carbonyl (C=O) groups is 1. The maximum Gasteiger partial charge on any atom is 0.305 e. The van der Waals surface area contributed by atoms with Gasteiger partial charge in [-0.25, -0.2) is 4.98 Å². The van der Waals surface area contributed by atoms with Crippen molar-refractivity contribution >= 4 is 12.0 Å². The second-order valence-corrected chi connectivity index (χ2v) is 4.43. The number of ether oxygens (including phenoxy) is 2. The molecule has 0 amide bonds. The Kier molecular flexibility index (Phi) is 4.79. The second kappa shape index (κ2) is 6.56. The lowest BCUT2D eigenvalue weighted by Gasteiger charge is -2.22. The van der Waals surface area contributed by atoms with Gasteiger partial charge in [0.1, 0.15) is 12.0 Å². The van der Waals surface area contributed by atoms with Crippen LogP contribution < -0.4 is 4.90 Å². The maximum absolute atomic E-state index is 11.1. The van der Waals surface area contributed by atoms with Gasteiger partial charge in [-0.1, -0.05) is 0 Å². The Hall–Kier alpha value is -1.56. The lowest BCUT2D eigenvalue weighted by molar-refractivity contribution is -0.140. The number of aromatic nitrogens is 1. The first-order valence-electron chi connectivity index (χ1n) is 6.64. The van der Waals surface area contributed by atoms with Crippen molar-refractivity contribution in [1.29, 1.82) is 0 Å². The molecule has 0 radical (unpaired) electrons. The molecule has 0 spiro atoms. The van der Waals surface area contributed by atoms with E-state index in [1.54, 1.807) is 6.20 Å². The van der Waals surface area contributed by atoms with Gasteiger partial charge in [-0.15, -0.1) is 0 Å². The van der Waals surface area contributed by atoms with Gasteiger partial charge in [-0.3, -0.25) is 4.79 Å². The summed E-state index contributed by atoms with van der Waals surface area (Å²) in [6, 6.07) is 0.579. The van der Waals surface area contributed by atoms with E-state index >= 15 is 0 Å². The fourth-order valence-electron chi connectivity index (χ4n) is 2.19. The molecule has 1 fully saturated rings. The van der Waals surface area contributed by atoms with Gasteiger partial charge in [0.15, 0.2) is 0 Å². The molecule has 1 aliphatic heterocycles. The van der Waals surface area contributed by atoms with Crippen LogP contribution in [0.25, 0.3) is 0 Å². The van der Waals surface area contributed by atoms with Gasteiger partial charge < -0.3 is 18.8 Å². The lowest BCUT2D eigenvalue weighted by atomic mass is 10.3. The van der Waals surface area contributed by atoms with Gasteiger partial charge in [0.25, 0.3) is 6.01 Å². The first-order valence-corrected chi connectivity index (χ1v) is 6.64. The molecule has 0 bridgehead atoms. The number of anilines is 1. The van der Waals surface area contributed by atoms with Gasteiger partial charge in [-0.2, -0.15) is 0 Å². The van der Waals surface area contributed by atoms with E-state index in [0.717, 1.165) is 19.4 Å². The molecule has 0 saturated carbocycles. The number of hydrogen-bond donors (Lipinski definition) is 0. The molecule has 0 N–H and O–H groups in total. The van der Waals surface area contributed by atoms with Gasteiger partial charge in [0.2, 0.25) is 0 Å². The van der Waals surface area contributed by atoms with Crippen LogP contribution in [0.2, 0.25) is 0 Å². The SMILES string of the molecule is CCO[C@H]1CCCN1c1ncc(CCC(=O)OC)o1. The van der Waals surface area contributed by atoms with Crippen molar-refractivity contribution in [3.8, 4) is 0 Å². The Morgan fingerprint density at radius 3 is 3.21 bits per heavy atom. The quantitative estimate of drug-likeness (QED) is 0.732. The molecule has 2 heterocycles. The van der Waals surface area contributed by atoms with E-state index in [2.05, 4.69) is 9.72 Å². The fraction of sp³-hybridized carbons (Fsp3) is 0.692. The zero-order valence-electron chi connectivity index (χ0n) is 11.4. The number of rotatable bonds is 6. The van der Waals surface area contributed by atoms with Crippen LogP contribution in [0, 0.1) is 0 Å². The molecule has 106 valence electrons. The number of methoxy groups -OCH3 is 1. The summed E-state index contributed by atoms with van der Waals surface area (Å²) < 4.78 is 15.9.